The average molecular weight is 265 g/mol. The van der Waals surface area contributed by atoms with Gasteiger partial charge < -0.3 is 15.1 Å². The number of fused-ring (bicyclic) bond motifs is 1. The average Bonchev–Trinajstić information content (AvgIpc) is 2.93. The minimum Gasteiger partial charge on any atom is -0.314 e. The van der Waals surface area contributed by atoms with E-state index in [2.05, 4.69) is 22.0 Å². The maximum absolute atomic E-state index is 3.70. The number of likely N-dealkylation sites (tertiary alicyclic amines) is 1. The number of piperidine rings is 2. The number of hydrogen-bond acceptors (Lipinski definition) is 3. The fraction of sp³-hybridized carbons (Fsp3) is 1.00. The molecule has 3 saturated heterocycles. The highest BCUT2D eigenvalue weighted by atomic mass is 15.2. The molecule has 3 rings (SSSR count). The van der Waals surface area contributed by atoms with Gasteiger partial charge in [0, 0.05) is 18.1 Å². The zero-order valence-corrected chi connectivity index (χ0v) is 12.6. The number of rotatable bonds is 4. The summed E-state index contributed by atoms with van der Waals surface area (Å²) in [7, 11) is 0. The van der Waals surface area contributed by atoms with E-state index in [1.807, 2.05) is 0 Å². The summed E-state index contributed by atoms with van der Waals surface area (Å²) in [5.74, 6) is 0. The van der Waals surface area contributed by atoms with Gasteiger partial charge in [-0.1, -0.05) is 6.92 Å². The van der Waals surface area contributed by atoms with Crippen LogP contribution < -0.4 is 5.32 Å². The van der Waals surface area contributed by atoms with Crippen LogP contribution in [0.25, 0.3) is 0 Å². The van der Waals surface area contributed by atoms with Crippen LogP contribution in [0.5, 0.6) is 0 Å². The molecule has 0 amide bonds. The molecular formula is C16H31N3. The molecule has 3 aliphatic heterocycles. The third kappa shape index (κ3) is 3.32. The summed E-state index contributed by atoms with van der Waals surface area (Å²) in [6.45, 7) is 8.87. The van der Waals surface area contributed by atoms with Gasteiger partial charge in [-0.15, -0.1) is 0 Å². The predicted octanol–water partition coefficient (Wildman–Crippen LogP) is 2.08. The SMILES string of the molecule is CCCNC1CCN(C2CCN3CCCC3C2)CC1. The van der Waals surface area contributed by atoms with Crippen LogP contribution in [-0.4, -0.2) is 60.6 Å². The molecule has 0 aromatic carbocycles. The minimum absolute atomic E-state index is 0.794. The third-order valence-electron chi connectivity index (χ3n) is 5.52. The zero-order valence-electron chi connectivity index (χ0n) is 12.6. The first-order chi connectivity index (χ1) is 9.36. The summed E-state index contributed by atoms with van der Waals surface area (Å²) >= 11 is 0. The lowest BCUT2D eigenvalue weighted by atomic mass is 9.93. The fourth-order valence-corrected chi connectivity index (χ4v) is 4.35. The highest BCUT2D eigenvalue weighted by molar-refractivity contribution is 4.92. The van der Waals surface area contributed by atoms with Crippen LogP contribution in [0.1, 0.15) is 51.9 Å². The van der Waals surface area contributed by atoms with Crippen LogP contribution in [0, 0.1) is 0 Å². The predicted molar refractivity (Wildman–Crippen MR) is 80.5 cm³/mol. The smallest absolute Gasteiger partial charge is 0.0122 e. The molecule has 0 aliphatic carbocycles. The molecule has 2 atom stereocenters. The highest BCUT2D eigenvalue weighted by Crippen LogP contribution is 2.30. The Bertz CT molecular complexity index is 273. The van der Waals surface area contributed by atoms with Crippen molar-refractivity contribution in [2.24, 2.45) is 0 Å². The van der Waals surface area contributed by atoms with Crippen LogP contribution in [0.2, 0.25) is 0 Å². The fourth-order valence-electron chi connectivity index (χ4n) is 4.35. The summed E-state index contributed by atoms with van der Waals surface area (Å²) in [6.07, 6.45) is 9.78. The molecule has 1 N–H and O–H groups in total. The summed E-state index contributed by atoms with van der Waals surface area (Å²) in [5, 5.41) is 3.70. The molecule has 0 saturated carbocycles. The molecule has 0 spiro atoms. The van der Waals surface area contributed by atoms with Gasteiger partial charge in [-0.3, -0.25) is 0 Å². The molecule has 3 nitrogen and oxygen atoms in total. The van der Waals surface area contributed by atoms with Crippen LogP contribution in [-0.2, 0) is 0 Å². The minimum atomic E-state index is 0.794. The largest absolute Gasteiger partial charge is 0.314 e. The van der Waals surface area contributed by atoms with Crippen molar-refractivity contribution >= 4 is 0 Å². The summed E-state index contributed by atoms with van der Waals surface area (Å²) in [6, 6.07) is 2.61. The number of nitrogens with zero attached hydrogens (tertiary/aromatic N) is 2. The van der Waals surface area contributed by atoms with E-state index in [0.29, 0.717) is 0 Å². The monoisotopic (exact) mass is 265 g/mol. The Hall–Kier alpha value is -0.120. The van der Waals surface area contributed by atoms with Crippen molar-refractivity contribution in [3.05, 3.63) is 0 Å². The van der Waals surface area contributed by atoms with Gasteiger partial charge >= 0.3 is 0 Å². The normalized spacial score (nSPS) is 34.6. The maximum atomic E-state index is 3.70. The van der Waals surface area contributed by atoms with Gasteiger partial charge in [-0.25, -0.2) is 0 Å². The molecule has 3 fully saturated rings. The van der Waals surface area contributed by atoms with Crippen molar-refractivity contribution in [3.8, 4) is 0 Å². The Balaban J connectivity index is 1.44. The first-order valence-corrected chi connectivity index (χ1v) is 8.58. The second-order valence-electron chi connectivity index (χ2n) is 6.77. The van der Waals surface area contributed by atoms with Gasteiger partial charge in [-0.05, 0) is 77.7 Å². The van der Waals surface area contributed by atoms with E-state index in [-0.39, 0.29) is 0 Å². The highest BCUT2D eigenvalue weighted by Gasteiger charge is 2.35. The molecule has 3 aliphatic rings. The quantitative estimate of drug-likeness (QED) is 0.839. The molecular weight excluding hydrogens is 234 g/mol. The topological polar surface area (TPSA) is 18.5 Å². The van der Waals surface area contributed by atoms with Crippen molar-refractivity contribution in [3.63, 3.8) is 0 Å². The van der Waals surface area contributed by atoms with Gasteiger partial charge in [0.25, 0.3) is 0 Å². The van der Waals surface area contributed by atoms with Crippen molar-refractivity contribution in [2.45, 2.75) is 70.0 Å². The Morgan fingerprint density at radius 2 is 1.58 bits per heavy atom. The Labute approximate surface area is 118 Å². The molecule has 0 radical (unpaired) electrons. The molecule has 0 bridgehead atoms. The summed E-state index contributed by atoms with van der Waals surface area (Å²) < 4.78 is 0. The van der Waals surface area contributed by atoms with Crippen molar-refractivity contribution in [1.29, 1.82) is 0 Å². The van der Waals surface area contributed by atoms with Crippen LogP contribution in [0.4, 0.5) is 0 Å². The van der Waals surface area contributed by atoms with E-state index in [1.165, 1.54) is 77.7 Å². The second kappa shape index (κ2) is 6.55. The third-order valence-corrected chi connectivity index (χ3v) is 5.52. The molecule has 3 heteroatoms. The maximum Gasteiger partial charge on any atom is 0.0122 e. The zero-order chi connectivity index (χ0) is 13.1. The van der Waals surface area contributed by atoms with Crippen molar-refractivity contribution < 1.29 is 0 Å². The lowest BCUT2D eigenvalue weighted by Crippen LogP contribution is -2.51. The summed E-state index contributed by atoms with van der Waals surface area (Å²) in [4.78, 5) is 5.55. The van der Waals surface area contributed by atoms with Gasteiger partial charge in [0.2, 0.25) is 0 Å². The van der Waals surface area contributed by atoms with Crippen LogP contribution >= 0.6 is 0 Å². The standard InChI is InChI=1S/C16H31N3/c1-2-8-17-14-5-10-19(11-6-14)16-7-12-18-9-3-4-15(18)13-16/h14-17H,2-13H2,1H3. The Morgan fingerprint density at radius 1 is 0.895 bits per heavy atom. The Kier molecular flexibility index (Phi) is 4.78. The summed E-state index contributed by atoms with van der Waals surface area (Å²) in [5.41, 5.74) is 0. The molecule has 110 valence electrons. The molecule has 19 heavy (non-hydrogen) atoms. The van der Waals surface area contributed by atoms with Gasteiger partial charge in [0.15, 0.2) is 0 Å². The molecule has 0 aromatic heterocycles. The first-order valence-electron chi connectivity index (χ1n) is 8.58. The first kappa shape index (κ1) is 13.8. The van der Waals surface area contributed by atoms with Gasteiger partial charge in [-0.2, -0.15) is 0 Å². The van der Waals surface area contributed by atoms with Crippen molar-refractivity contribution in [1.82, 2.24) is 15.1 Å². The van der Waals surface area contributed by atoms with Gasteiger partial charge in [0.1, 0.15) is 0 Å². The van der Waals surface area contributed by atoms with Gasteiger partial charge in [0.05, 0.1) is 0 Å². The lowest BCUT2D eigenvalue weighted by molar-refractivity contribution is 0.0675. The molecule has 3 heterocycles. The van der Waals surface area contributed by atoms with Crippen LogP contribution in [0.3, 0.4) is 0 Å². The Morgan fingerprint density at radius 3 is 2.37 bits per heavy atom. The number of nitrogens with one attached hydrogen (secondary N) is 1. The van der Waals surface area contributed by atoms with E-state index in [9.17, 15) is 0 Å². The van der Waals surface area contributed by atoms with Crippen LogP contribution in [0.15, 0.2) is 0 Å². The van der Waals surface area contributed by atoms with Crippen molar-refractivity contribution in [2.75, 3.05) is 32.7 Å². The van der Waals surface area contributed by atoms with E-state index < -0.39 is 0 Å². The molecule has 2 unspecified atom stereocenters. The number of hydrogen-bond donors (Lipinski definition) is 1. The van der Waals surface area contributed by atoms with E-state index >= 15 is 0 Å². The van der Waals surface area contributed by atoms with E-state index in [0.717, 1.165) is 18.1 Å². The van der Waals surface area contributed by atoms with E-state index in [4.69, 9.17) is 0 Å². The van der Waals surface area contributed by atoms with E-state index in [1.54, 1.807) is 0 Å². The lowest BCUT2D eigenvalue weighted by Gasteiger charge is -2.43. The second-order valence-corrected chi connectivity index (χ2v) is 6.77. The molecule has 0 aromatic rings.